The Morgan fingerprint density at radius 2 is 2.11 bits per heavy atom. The van der Waals surface area contributed by atoms with Crippen molar-refractivity contribution in [3.05, 3.63) is 23.7 Å². The van der Waals surface area contributed by atoms with Crippen LogP contribution in [-0.2, 0) is 10.5 Å². The molecule has 1 heterocycles. The maximum absolute atomic E-state index is 12.0. The highest BCUT2D eigenvalue weighted by Crippen LogP contribution is 2.16. The van der Waals surface area contributed by atoms with E-state index in [0.717, 1.165) is 11.5 Å². The molecule has 0 saturated carbocycles. The molecule has 0 aliphatic heterocycles. The molecule has 106 valence electrons. The van der Waals surface area contributed by atoms with E-state index in [1.165, 1.54) is 0 Å². The highest BCUT2D eigenvalue weighted by atomic mass is 32.2. The van der Waals surface area contributed by atoms with Gasteiger partial charge in [-0.1, -0.05) is 0 Å². The summed E-state index contributed by atoms with van der Waals surface area (Å²) in [6.07, 6.45) is 2.34. The molecule has 0 aliphatic rings. The van der Waals surface area contributed by atoms with Gasteiger partial charge in [0.1, 0.15) is 5.76 Å². The van der Waals surface area contributed by atoms with Crippen LogP contribution in [0.3, 0.4) is 0 Å². The molecule has 0 fully saturated rings. The van der Waals surface area contributed by atoms with Crippen molar-refractivity contribution in [3.8, 4) is 0 Å². The van der Waals surface area contributed by atoms with Crippen LogP contribution < -0.4 is 5.32 Å². The van der Waals surface area contributed by atoms with Gasteiger partial charge in [0.05, 0.1) is 5.75 Å². The maximum atomic E-state index is 12.0. The third-order valence-electron chi connectivity index (χ3n) is 2.59. The Kier molecular flexibility index (Phi) is 5.47. The Hall–Kier alpha value is -1.43. The molecule has 1 aromatic heterocycles. The van der Waals surface area contributed by atoms with Gasteiger partial charge >= 0.3 is 5.97 Å². The van der Waals surface area contributed by atoms with E-state index in [2.05, 4.69) is 5.32 Å². The first-order valence-corrected chi connectivity index (χ1v) is 7.35. The van der Waals surface area contributed by atoms with E-state index in [0.29, 0.717) is 6.42 Å². The number of amides is 1. The van der Waals surface area contributed by atoms with Crippen LogP contribution in [0.4, 0.5) is 0 Å². The zero-order chi connectivity index (χ0) is 14.5. The first kappa shape index (κ1) is 15.6. The number of rotatable bonds is 7. The second-order valence-corrected chi connectivity index (χ2v) is 5.80. The number of aliphatic carboxylic acids is 1. The van der Waals surface area contributed by atoms with Gasteiger partial charge in [-0.3, -0.25) is 9.59 Å². The number of carbonyl (C=O) groups is 2. The normalized spacial score (nSPS) is 11.3. The fraction of sp³-hybridized carbons (Fsp3) is 0.538. The molecule has 2 N–H and O–H groups in total. The summed E-state index contributed by atoms with van der Waals surface area (Å²) in [5.41, 5.74) is -0.581. The highest BCUT2D eigenvalue weighted by molar-refractivity contribution is 7.97. The minimum Gasteiger partial charge on any atom is -0.481 e. The Labute approximate surface area is 116 Å². The predicted octanol–water partition coefficient (Wildman–Crippen LogP) is 2.52. The summed E-state index contributed by atoms with van der Waals surface area (Å²) in [6.45, 7) is 3.58. The smallest absolute Gasteiger partial charge is 0.303 e. The summed E-state index contributed by atoms with van der Waals surface area (Å²) in [6, 6.07) is 3.41. The maximum Gasteiger partial charge on any atom is 0.303 e. The Bertz CT molecular complexity index is 453. The summed E-state index contributed by atoms with van der Waals surface area (Å²) >= 11 is 1.61. The lowest BCUT2D eigenvalue weighted by Crippen LogP contribution is -2.43. The van der Waals surface area contributed by atoms with Gasteiger partial charge in [-0.15, -0.1) is 0 Å². The van der Waals surface area contributed by atoms with Gasteiger partial charge in [-0.25, -0.2) is 0 Å². The standard InChI is InChI=1S/C13H19NO4S/c1-13(2,7-6-11(15)16)14-12(17)10-5-4-9(18-10)8-19-3/h4-5H,6-8H2,1-3H3,(H,14,17)(H,15,16). The summed E-state index contributed by atoms with van der Waals surface area (Å²) in [4.78, 5) is 22.5. The van der Waals surface area contributed by atoms with Crippen LogP contribution >= 0.6 is 11.8 Å². The number of hydrogen-bond donors (Lipinski definition) is 2. The van der Waals surface area contributed by atoms with Gasteiger partial charge < -0.3 is 14.8 Å². The molecule has 5 nitrogen and oxygen atoms in total. The van der Waals surface area contributed by atoms with Crippen molar-refractivity contribution >= 4 is 23.6 Å². The van der Waals surface area contributed by atoms with Crippen LogP contribution in [0, 0.1) is 0 Å². The number of thioether (sulfide) groups is 1. The topological polar surface area (TPSA) is 79.5 Å². The minimum atomic E-state index is -0.873. The van der Waals surface area contributed by atoms with E-state index < -0.39 is 11.5 Å². The van der Waals surface area contributed by atoms with Crippen molar-refractivity contribution in [3.63, 3.8) is 0 Å². The third-order valence-corrected chi connectivity index (χ3v) is 3.16. The fourth-order valence-corrected chi connectivity index (χ4v) is 2.01. The minimum absolute atomic E-state index is 0.0170. The predicted molar refractivity (Wildman–Crippen MR) is 74.3 cm³/mol. The highest BCUT2D eigenvalue weighted by Gasteiger charge is 2.23. The van der Waals surface area contributed by atoms with Crippen LogP contribution in [0.15, 0.2) is 16.5 Å². The fourth-order valence-electron chi connectivity index (χ4n) is 1.57. The van der Waals surface area contributed by atoms with Crippen LogP contribution in [0.1, 0.15) is 43.0 Å². The lowest BCUT2D eigenvalue weighted by atomic mass is 9.98. The second kappa shape index (κ2) is 6.65. The largest absolute Gasteiger partial charge is 0.481 e. The number of carboxylic acids is 1. The molecule has 0 aromatic carbocycles. The van der Waals surface area contributed by atoms with Gasteiger partial charge in [0.25, 0.3) is 5.91 Å². The molecule has 0 unspecified atom stereocenters. The number of hydrogen-bond acceptors (Lipinski definition) is 4. The van der Waals surface area contributed by atoms with Gasteiger partial charge in [0.2, 0.25) is 0 Å². The first-order chi connectivity index (χ1) is 8.84. The van der Waals surface area contributed by atoms with Crippen molar-refractivity contribution in [2.75, 3.05) is 6.26 Å². The molecule has 0 radical (unpaired) electrons. The molecule has 0 atom stereocenters. The summed E-state index contributed by atoms with van der Waals surface area (Å²) in [5.74, 6) is 0.536. The Balaban J connectivity index is 2.59. The first-order valence-electron chi connectivity index (χ1n) is 5.96. The SMILES string of the molecule is CSCc1ccc(C(=O)NC(C)(C)CCC(=O)O)o1. The molecule has 1 amide bonds. The molecule has 1 rings (SSSR count). The van der Waals surface area contributed by atoms with Crippen molar-refractivity contribution in [1.29, 1.82) is 0 Å². The summed E-state index contributed by atoms with van der Waals surface area (Å²) in [7, 11) is 0. The molecule has 19 heavy (non-hydrogen) atoms. The molecule has 0 aliphatic carbocycles. The Morgan fingerprint density at radius 1 is 1.42 bits per heavy atom. The van der Waals surface area contributed by atoms with E-state index >= 15 is 0 Å². The second-order valence-electron chi connectivity index (χ2n) is 4.93. The molecular weight excluding hydrogens is 266 g/mol. The van der Waals surface area contributed by atoms with Crippen LogP contribution in [-0.4, -0.2) is 28.8 Å². The average molecular weight is 285 g/mol. The van der Waals surface area contributed by atoms with Crippen molar-refractivity contribution < 1.29 is 19.1 Å². The van der Waals surface area contributed by atoms with Crippen LogP contribution in [0.25, 0.3) is 0 Å². The Morgan fingerprint density at radius 3 is 2.68 bits per heavy atom. The van der Waals surface area contributed by atoms with Crippen LogP contribution in [0.2, 0.25) is 0 Å². The van der Waals surface area contributed by atoms with Crippen molar-refractivity contribution in [1.82, 2.24) is 5.32 Å². The van der Waals surface area contributed by atoms with Gasteiger partial charge in [0, 0.05) is 12.0 Å². The lowest BCUT2D eigenvalue weighted by molar-refractivity contribution is -0.137. The van der Waals surface area contributed by atoms with E-state index in [1.54, 1.807) is 37.7 Å². The van der Waals surface area contributed by atoms with E-state index in [9.17, 15) is 9.59 Å². The number of furan rings is 1. The molecular formula is C13H19NO4S. The summed E-state index contributed by atoms with van der Waals surface area (Å²) in [5, 5.41) is 11.4. The third kappa shape index (κ3) is 5.38. The monoisotopic (exact) mass is 285 g/mol. The van der Waals surface area contributed by atoms with E-state index in [4.69, 9.17) is 9.52 Å². The molecule has 1 aromatic rings. The summed E-state index contributed by atoms with van der Waals surface area (Å²) < 4.78 is 5.41. The molecule has 0 spiro atoms. The van der Waals surface area contributed by atoms with E-state index in [1.807, 2.05) is 6.26 Å². The lowest BCUT2D eigenvalue weighted by Gasteiger charge is -2.24. The number of nitrogens with one attached hydrogen (secondary N) is 1. The van der Waals surface area contributed by atoms with Gasteiger partial charge in [-0.05, 0) is 38.7 Å². The van der Waals surface area contributed by atoms with Crippen LogP contribution in [0.5, 0.6) is 0 Å². The van der Waals surface area contributed by atoms with Crippen molar-refractivity contribution in [2.24, 2.45) is 0 Å². The van der Waals surface area contributed by atoms with E-state index in [-0.39, 0.29) is 18.1 Å². The quantitative estimate of drug-likeness (QED) is 0.804. The van der Waals surface area contributed by atoms with Gasteiger partial charge in [0.15, 0.2) is 5.76 Å². The number of carboxylic acid groups (broad SMARTS) is 1. The molecule has 6 heteroatoms. The average Bonchev–Trinajstić information content (AvgIpc) is 2.75. The molecule has 0 saturated heterocycles. The van der Waals surface area contributed by atoms with Crippen molar-refractivity contribution in [2.45, 2.75) is 38.0 Å². The zero-order valence-corrected chi connectivity index (χ0v) is 12.2. The molecule has 0 bridgehead atoms. The number of carbonyl (C=O) groups excluding carboxylic acids is 1. The van der Waals surface area contributed by atoms with Gasteiger partial charge in [-0.2, -0.15) is 11.8 Å². The zero-order valence-electron chi connectivity index (χ0n) is 11.4.